The van der Waals surface area contributed by atoms with Crippen LogP contribution in [0.4, 0.5) is 4.39 Å². The van der Waals surface area contributed by atoms with E-state index in [1.165, 1.54) is 36.4 Å². The number of benzene rings is 1. The maximum atomic E-state index is 14.4. The number of hydrogen-bond donors (Lipinski definition) is 1. The molecule has 1 N–H and O–H groups in total. The highest BCUT2D eigenvalue weighted by molar-refractivity contribution is 7.90. The van der Waals surface area contributed by atoms with E-state index in [4.69, 9.17) is 9.47 Å². The number of carbonyl (C=O) groups is 1. The Labute approximate surface area is 241 Å². The number of carbonyl (C=O) groups excluding carboxylic acids is 1. The Morgan fingerprint density at radius 1 is 1.05 bits per heavy atom. The normalized spacial score (nSPS) is 11.3. The number of hydrogen-bond acceptors (Lipinski definition) is 8. The van der Waals surface area contributed by atoms with Crippen molar-refractivity contribution in [3.63, 3.8) is 0 Å². The molecule has 4 rings (SSSR count). The van der Waals surface area contributed by atoms with Crippen LogP contribution >= 0.6 is 0 Å². The van der Waals surface area contributed by atoms with Gasteiger partial charge >= 0.3 is 0 Å². The number of amides is 1. The van der Waals surface area contributed by atoms with E-state index < -0.39 is 21.7 Å². The number of pyridine rings is 3. The fourth-order valence-corrected chi connectivity index (χ4v) is 4.81. The highest BCUT2D eigenvalue weighted by Gasteiger charge is 2.24. The molecular weight excluding hydrogens is 547 g/mol. The Morgan fingerprint density at radius 2 is 1.88 bits per heavy atom. The van der Waals surface area contributed by atoms with Gasteiger partial charge in [0.2, 0.25) is 5.88 Å². The van der Waals surface area contributed by atoms with Crippen LogP contribution in [-0.4, -0.2) is 42.5 Å². The van der Waals surface area contributed by atoms with E-state index in [0.717, 1.165) is 5.56 Å². The van der Waals surface area contributed by atoms with Gasteiger partial charge in [-0.2, -0.15) is 8.42 Å². The number of ether oxygens (including phenoxy) is 2. The molecule has 3 aromatic heterocycles. The van der Waals surface area contributed by atoms with Gasteiger partial charge < -0.3 is 9.47 Å². The maximum absolute atomic E-state index is 14.4. The molecule has 0 unspecified atom stereocenters. The lowest BCUT2D eigenvalue weighted by molar-refractivity contribution is 0.0976. The van der Waals surface area contributed by atoms with Gasteiger partial charge in [0.05, 0.1) is 18.9 Å². The monoisotopic (exact) mass is 582 g/mol. The highest BCUT2D eigenvalue weighted by atomic mass is 32.2. The first kappa shape index (κ1) is 29.6. The quantitative estimate of drug-likeness (QED) is 0.213. The van der Waals surface area contributed by atoms with Gasteiger partial charge in [-0.25, -0.2) is 19.1 Å². The number of rotatable bonds is 12. The van der Waals surface area contributed by atoms with E-state index in [-0.39, 0.29) is 31.8 Å². The van der Waals surface area contributed by atoms with Crippen LogP contribution in [0.15, 0.2) is 78.1 Å². The number of nitrogens with zero attached hydrogens (tertiary/aromatic N) is 3. The topological polar surface area (TPSA) is 120 Å². The molecule has 0 radical (unpaired) electrons. The van der Waals surface area contributed by atoms with Crippen LogP contribution in [0.1, 0.15) is 44.7 Å². The van der Waals surface area contributed by atoms with Crippen LogP contribution in [0.2, 0.25) is 0 Å². The van der Waals surface area contributed by atoms with Crippen molar-refractivity contribution in [2.24, 2.45) is 5.92 Å². The Balaban J connectivity index is 0.00000323. The minimum atomic E-state index is -4.26. The minimum Gasteiger partial charge on any atom is -0.493 e. The molecule has 9 nitrogen and oxygen atoms in total. The van der Waals surface area contributed by atoms with E-state index in [2.05, 4.69) is 15.0 Å². The number of sulfonamides is 1. The first-order chi connectivity index (χ1) is 19.6. The van der Waals surface area contributed by atoms with Crippen molar-refractivity contribution < 1.29 is 29.9 Å². The zero-order chi connectivity index (χ0) is 29.4. The average molecular weight is 583 g/mol. The third kappa shape index (κ3) is 8.31. The second-order valence-corrected chi connectivity index (χ2v) is 11.4. The fraction of sp³-hybridized carbons (Fsp3) is 0.267. The van der Waals surface area contributed by atoms with Crippen molar-refractivity contribution in [3.8, 4) is 22.9 Å². The lowest BCUT2D eigenvalue weighted by atomic mass is 10.1. The van der Waals surface area contributed by atoms with E-state index in [9.17, 15) is 17.6 Å². The second-order valence-electron chi connectivity index (χ2n) is 9.79. The van der Waals surface area contributed by atoms with Gasteiger partial charge in [-0.3, -0.25) is 9.78 Å². The summed E-state index contributed by atoms with van der Waals surface area (Å²) in [5.74, 6) is -0.952. The van der Waals surface area contributed by atoms with E-state index in [1.54, 1.807) is 31.5 Å². The van der Waals surface area contributed by atoms with Gasteiger partial charge in [0, 0.05) is 32.6 Å². The summed E-state index contributed by atoms with van der Waals surface area (Å²) in [6.07, 6.45) is 4.69. The molecule has 0 aliphatic rings. The summed E-state index contributed by atoms with van der Waals surface area (Å²) in [4.78, 5) is 25.7. The zero-order valence-electron chi connectivity index (χ0n) is 23.0. The first-order valence-electron chi connectivity index (χ1n) is 13.1. The number of aromatic nitrogens is 3. The Morgan fingerprint density at radius 3 is 2.61 bits per heavy atom. The van der Waals surface area contributed by atoms with Crippen LogP contribution in [0.5, 0.6) is 11.6 Å². The van der Waals surface area contributed by atoms with Crippen molar-refractivity contribution in [2.45, 2.75) is 38.6 Å². The molecule has 0 spiro atoms. The van der Waals surface area contributed by atoms with E-state index >= 15 is 0 Å². The Bertz CT molecular complexity index is 1630. The minimum absolute atomic E-state index is 0. The van der Waals surface area contributed by atoms with Crippen LogP contribution in [0, 0.1) is 18.7 Å². The van der Waals surface area contributed by atoms with Crippen molar-refractivity contribution >= 4 is 15.9 Å². The summed E-state index contributed by atoms with van der Waals surface area (Å²) < 4.78 is 53.8. The standard InChI is InChI=1S/C30H31FN4O5S.2H2/c1-20(2)19-40-25-16-23(15-24(31)17-25)27-12-11-26(29(36)35-41(37,38)28-10-4-7-21(3)33-28)30(34-27)39-14-6-9-22-8-5-13-32-18-22;;/h4-5,7-8,10-13,15-18,20H,6,9,14,19H2,1-3H3,(H,35,36);2*1H. The Kier molecular flexibility index (Phi) is 9.61. The van der Waals surface area contributed by atoms with Gasteiger partial charge in [0.15, 0.2) is 5.03 Å². The summed E-state index contributed by atoms with van der Waals surface area (Å²) >= 11 is 0. The molecule has 0 saturated heterocycles. The lowest BCUT2D eigenvalue weighted by Crippen LogP contribution is -2.31. The molecule has 1 aromatic carbocycles. The summed E-state index contributed by atoms with van der Waals surface area (Å²) in [6, 6.07) is 15.4. The van der Waals surface area contributed by atoms with Crippen LogP contribution in [0.25, 0.3) is 11.3 Å². The van der Waals surface area contributed by atoms with Gasteiger partial charge in [-0.1, -0.05) is 26.0 Å². The second kappa shape index (κ2) is 13.3. The highest BCUT2D eigenvalue weighted by Crippen LogP contribution is 2.28. The number of aryl methyl sites for hydroxylation is 2. The first-order valence-corrected chi connectivity index (χ1v) is 14.6. The molecule has 0 aliphatic carbocycles. The molecule has 3 heterocycles. The van der Waals surface area contributed by atoms with Crippen LogP contribution in [-0.2, 0) is 16.4 Å². The summed E-state index contributed by atoms with van der Waals surface area (Å²) in [5.41, 5.74) is 2.13. The van der Waals surface area contributed by atoms with Crippen LogP contribution < -0.4 is 14.2 Å². The predicted molar refractivity (Wildman–Crippen MR) is 156 cm³/mol. The number of halogens is 1. The van der Waals surface area contributed by atoms with Crippen molar-refractivity contribution in [2.75, 3.05) is 13.2 Å². The molecule has 41 heavy (non-hydrogen) atoms. The predicted octanol–water partition coefficient (Wildman–Crippen LogP) is 5.64. The molecule has 0 aliphatic heterocycles. The third-order valence-corrected chi connectivity index (χ3v) is 7.02. The molecule has 0 saturated carbocycles. The third-order valence-electron chi connectivity index (χ3n) is 5.79. The lowest BCUT2D eigenvalue weighted by Gasteiger charge is -2.14. The van der Waals surface area contributed by atoms with Crippen LogP contribution in [0.3, 0.4) is 0 Å². The zero-order valence-corrected chi connectivity index (χ0v) is 23.8. The van der Waals surface area contributed by atoms with Gasteiger partial charge in [-0.15, -0.1) is 0 Å². The largest absolute Gasteiger partial charge is 0.493 e. The van der Waals surface area contributed by atoms with Gasteiger partial charge in [-0.05, 0) is 73.7 Å². The summed E-state index contributed by atoms with van der Waals surface area (Å²) in [7, 11) is -4.26. The molecule has 0 atom stereocenters. The molecule has 0 fully saturated rings. The Hall–Kier alpha value is -4.38. The summed E-state index contributed by atoms with van der Waals surface area (Å²) in [6.45, 7) is 6.21. The van der Waals surface area contributed by atoms with Crippen molar-refractivity contribution in [3.05, 3.63) is 95.7 Å². The molecule has 1 amide bonds. The molecule has 0 bridgehead atoms. The van der Waals surface area contributed by atoms with Gasteiger partial charge in [0.25, 0.3) is 15.9 Å². The fourth-order valence-electron chi connectivity index (χ4n) is 3.83. The van der Waals surface area contributed by atoms with E-state index in [0.29, 0.717) is 42.1 Å². The SMILES string of the molecule is Cc1cccc(S(=O)(=O)NC(=O)c2ccc(-c3cc(F)cc(OCC(C)C)c3)nc2OCCCc2cccnc2)n1.[HH].[HH]. The molecule has 4 aromatic rings. The molecule has 218 valence electrons. The summed E-state index contributed by atoms with van der Waals surface area (Å²) in [5, 5.41) is -0.289. The average Bonchev–Trinajstić information content (AvgIpc) is 2.94. The molecule has 11 heteroatoms. The number of nitrogens with one attached hydrogen (secondary N) is 1. The van der Waals surface area contributed by atoms with Crippen molar-refractivity contribution in [1.82, 2.24) is 19.7 Å². The van der Waals surface area contributed by atoms with Crippen molar-refractivity contribution in [1.29, 1.82) is 0 Å². The molecular formula is C30H35FN4O5S. The maximum Gasteiger partial charge on any atom is 0.281 e. The van der Waals surface area contributed by atoms with E-state index in [1.807, 2.05) is 30.7 Å². The smallest absolute Gasteiger partial charge is 0.281 e. The van der Waals surface area contributed by atoms with Gasteiger partial charge in [0.1, 0.15) is 17.1 Å².